The quantitative estimate of drug-likeness (QED) is 0.796. The van der Waals surface area contributed by atoms with Gasteiger partial charge in [0.05, 0.1) is 17.5 Å². The topological polar surface area (TPSA) is 46.0 Å². The van der Waals surface area contributed by atoms with Gasteiger partial charge in [0.2, 0.25) is 0 Å². The van der Waals surface area contributed by atoms with Crippen molar-refractivity contribution in [3.05, 3.63) is 54.7 Å². The molecule has 0 saturated carbocycles. The number of aromatic nitrogens is 3. The molecule has 0 aliphatic carbocycles. The maximum atomic E-state index is 4.50. The van der Waals surface area contributed by atoms with Crippen LogP contribution in [-0.4, -0.2) is 33.7 Å². The van der Waals surface area contributed by atoms with E-state index in [1.165, 1.54) is 17.5 Å². The summed E-state index contributed by atoms with van der Waals surface area (Å²) in [5.74, 6) is 0.655. The Labute approximate surface area is 148 Å². The molecule has 0 amide bonds. The predicted molar refractivity (Wildman–Crippen MR) is 102 cm³/mol. The average molecular weight is 335 g/mol. The summed E-state index contributed by atoms with van der Waals surface area (Å²) in [5, 5.41) is 4.93. The van der Waals surface area contributed by atoms with Crippen LogP contribution in [0.4, 0.5) is 5.69 Å². The second kappa shape index (κ2) is 6.84. The minimum Gasteiger partial charge on any atom is -0.369 e. The van der Waals surface area contributed by atoms with Gasteiger partial charge in [-0.15, -0.1) is 0 Å². The molecule has 5 heteroatoms. The molecule has 1 aliphatic heterocycles. The van der Waals surface area contributed by atoms with Crippen LogP contribution in [0.2, 0.25) is 0 Å². The summed E-state index contributed by atoms with van der Waals surface area (Å²) in [4.78, 5) is 11.4. The number of aryl methyl sites for hydroxylation is 1. The number of anilines is 1. The van der Waals surface area contributed by atoms with Gasteiger partial charge in [-0.05, 0) is 36.6 Å². The number of piperidine rings is 1. The second-order valence-corrected chi connectivity index (χ2v) is 7.20. The number of imidazole rings is 1. The highest BCUT2D eigenvalue weighted by Gasteiger charge is 2.25. The van der Waals surface area contributed by atoms with Crippen LogP contribution in [0, 0.1) is 5.92 Å². The van der Waals surface area contributed by atoms with E-state index in [4.69, 9.17) is 0 Å². The Morgan fingerprint density at radius 1 is 1.16 bits per heavy atom. The Hall–Kier alpha value is -2.40. The first kappa shape index (κ1) is 16.1. The first-order chi connectivity index (χ1) is 12.2. The van der Waals surface area contributed by atoms with E-state index < -0.39 is 0 Å². The van der Waals surface area contributed by atoms with E-state index in [1.54, 1.807) is 0 Å². The molecule has 1 fully saturated rings. The van der Waals surface area contributed by atoms with E-state index in [0.29, 0.717) is 12.0 Å². The smallest absolute Gasteiger partial charge is 0.0947 e. The van der Waals surface area contributed by atoms with E-state index in [2.05, 4.69) is 57.6 Å². The summed E-state index contributed by atoms with van der Waals surface area (Å²) < 4.78 is 2.00. The van der Waals surface area contributed by atoms with Crippen molar-refractivity contribution in [2.75, 3.05) is 18.0 Å². The molecule has 3 aromatic rings. The number of hydrogen-bond acceptors (Lipinski definition) is 4. The monoisotopic (exact) mass is 335 g/mol. The Bertz CT molecular complexity index is 851. The summed E-state index contributed by atoms with van der Waals surface area (Å²) in [6, 6.07) is 11.1. The Balaban J connectivity index is 1.51. The van der Waals surface area contributed by atoms with Gasteiger partial charge in [-0.1, -0.05) is 13.0 Å². The number of benzene rings is 1. The lowest BCUT2D eigenvalue weighted by molar-refractivity contribution is 0.349. The van der Waals surface area contributed by atoms with Crippen molar-refractivity contribution < 1.29 is 0 Å². The summed E-state index contributed by atoms with van der Waals surface area (Å²) in [5.41, 5.74) is 3.46. The molecule has 130 valence electrons. The number of pyridine rings is 1. The van der Waals surface area contributed by atoms with Crippen LogP contribution < -0.4 is 10.2 Å². The lowest BCUT2D eigenvalue weighted by Crippen LogP contribution is -2.48. The van der Waals surface area contributed by atoms with Crippen molar-refractivity contribution in [3.63, 3.8) is 0 Å². The fraction of sp³-hybridized carbons (Fsp3) is 0.400. The molecule has 0 bridgehead atoms. The Kier molecular flexibility index (Phi) is 4.40. The van der Waals surface area contributed by atoms with Crippen molar-refractivity contribution in [1.82, 2.24) is 19.9 Å². The van der Waals surface area contributed by atoms with Gasteiger partial charge in [0, 0.05) is 56.2 Å². The lowest BCUT2D eigenvalue weighted by Gasteiger charge is -2.38. The highest BCUT2D eigenvalue weighted by atomic mass is 15.2. The molecule has 0 radical (unpaired) electrons. The van der Waals surface area contributed by atoms with Crippen LogP contribution in [0.15, 0.2) is 49.1 Å². The molecule has 4 rings (SSSR count). The molecule has 1 saturated heterocycles. The number of rotatable bonds is 4. The number of nitrogens with one attached hydrogen (secondary N) is 1. The molecule has 1 N–H and O–H groups in total. The maximum Gasteiger partial charge on any atom is 0.0947 e. The fourth-order valence-electron chi connectivity index (χ4n) is 3.87. The van der Waals surface area contributed by atoms with Crippen molar-refractivity contribution in [3.8, 4) is 0 Å². The first-order valence-electron chi connectivity index (χ1n) is 8.98. The Morgan fingerprint density at radius 2 is 2.08 bits per heavy atom. The van der Waals surface area contributed by atoms with Crippen LogP contribution in [0.25, 0.3) is 10.9 Å². The summed E-state index contributed by atoms with van der Waals surface area (Å²) >= 11 is 0. The zero-order valence-electron chi connectivity index (χ0n) is 14.9. The van der Waals surface area contributed by atoms with Gasteiger partial charge in [0.1, 0.15) is 0 Å². The van der Waals surface area contributed by atoms with E-state index in [0.717, 1.165) is 30.8 Å². The molecular formula is C20H25N5. The van der Waals surface area contributed by atoms with Crippen molar-refractivity contribution >= 4 is 16.6 Å². The third-order valence-electron chi connectivity index (χ3n) is 4.95. The van der Waals surface area contributed by atoms with Gasteiger partial charge in [-0.3, -0.25) is 4.98 Å². The fourth-order valence-corrected chi connectivity index (χ4v) is 3.87. The van der Waals surface area contributed by atoms with E-state index >= 15 is 0 Å². The number of hydrogen-bond donors (Lipinski definition) is 1. The highest BCUT2D eigenvalue weighted by Crippen LogP contribution is 2.29. The van der Waals surface area contributed by atoms with Crippen LogP contribution in [0.5, 0.6) is 0 Å². The van der Waals surface area contributed by atoms with Crippen LogP contribution in [-0.2, 0) is 13.6 Å². The van der Waals surface area contributed by atoms with Gasteiger partial charge in [0.25, 0.3) is 0 Å². The third-order valence-corrected chi connectivity index (χ3v) is 4.95. The average Bonchev–Trinajstić information content (AvgIpc) is 3.04. The van der Waals surface area contributed by atoms with Crippen molar-refractivity contribution in [2.24, 2.45) is 13.0 Å². The Morgan fingerprint density at radius 3 is 2.92 bits per heavy atom. The molecule has 2 aromatic heterocycles. The van der Waals surface area contributed by atoms with Crippen LogP contribution in [0.3, 0.4) is 0 Å². The highest BCUT2D eigenvalue weighted by molar-refractivity contribution is 5.91. The molecule has 1 aliphatic rings. The number of nitrogens with zero attached hydrogens (tertiary/aromatic N) is 4. The lowest BCUT2D eigenvalue weighted by atomic mass is 9.95. The largest absolute Gasteiger partial charge is 0.369 e. The predicted octanol–water partition coefficient (Wildman–Crippen LogP) is 2.97. The molecule has 0 unspecified atom stereocenters. The first-order valence-corrected chi connectivity index (χ1v) is 8.98. The molecule has 3 heterocycles. The van der Waals surface area contributed by atoms with Gasteiger partial charge >= 0.3 is 0 Å². The molecule has 1 aromatic carbocycles. The molecular weight excluding hydrogens is 310 g/mol. The second-order valence-electron chi connectivity index (χ2n) is 7.20. The molecule has 5 nitrogen and oxygen atoms in total. The minimum atomic E-state index is 0.470. The SMILES string of the molecule is C[C@H]1C[C@@H](NCc2cn(C)cn2)CN(c2cccc3ncccc23)C1. The van der Waals surface area contributed by atoms with Crippen molar-refractivity contribution in [2.45, 2.75) is 25.9 Å². The van der Waals surface area contributed by atoms with E-state index in [9.17, 15) is 0 Å². The van der Waals surface area contributed by atoms with Gasteiger partial charge in [0.15, 0.2) is 0 Å². The van der Waals surface area contributed by atoms with E-state index in [1.807, 2.05) is 30.2 Å². The normalized spacial score (nSPS) is 21.0. The maximum absolute atomic E-state index is 4.50. The summed E-state index contributed by atoms with van der Waals surface area (Å²) in [6.45, 7) is 5.27. The molecule has 25 heavy (non-hydrogen) atoms. The number of fused-ring (bicyclic) bond motifs is 1. The standard InChI is InChI=1S/C20H25N5/c1-15-9-16(22-10-17-12-24(2)14-23-17)13-25(11-15)20-7-3-6-19-18(20)5-4-8-21-19/h3-8,12,14-16,22H,9-11,13H2,1-2H3/t15-,16+/m0/s1. The third kappa shape index (κ3) is 3.51. The van der Waals surface area contributed by atoms with Gasteiger partial charge in [-0.2, -0.15) is 0 Å². The van der Waals surface area contributed by atoms with Gasteiger partial charge in [-0.25, -0.2) is 4.98 Å². The zero-order valence-corrected chi connectivity index (χ0v) is 14.9. The van der Waals surface area contributed by atoms with Crippen LogP contribution in [0.1, 0.15) is 19.0 Å². The van der Waals surface area contributed by atoms with Gasteiger partial charge < -0.3 is 14.8 Å². The zero-order chi connectivity index (χ0) is 17.2. The van der Waals surface area contributed by atoms with Crippen LogP contribution >= 0.6 is 0 Å². The van der Waals surface area contributed by atoms with Crippen molar-refractivity contribution in [1.29, 1.82) is 0 Å². The molecule has 0 spiro atoms. The van der Waals surface area contributed by atoms with E-state index in [-0.39, 0.29) is 0 Å². The minimum absolute atomic E-state index is 0.470. The molecule has 2 atom stereocenters. The summed E-state index contributed by atoms with van der Waals surface area (Å²) in [7, 11) is 2.01. The summed E-state index contributed by atoms with van der Waals surface area (Å²) in [6.07, 6.45) is 7.00.